The molecule has 0 N–H and O–H groups in total. The van der Waals surface area contributed by atoms with Crippen molar-refractivity contribution in [2.24, 2.45) is 0 Å². The predicted octanol–water partition coefficient (Wildman–Crippen LogP) is 5.46. The summed E-state index contributed by atoms with van der Waals surface area (Å²) in [5.41, 5.74) is 4.44. The van der Waals surface area contributed by atoms with Crippen LogP contribution < -0.4 is 4.74 Å². The van der Waals surface area contributed by atoms with Crippen LogP contribution in [0, 0.1) is 0 Å². The second-order valence-electron chi connectivity index (χ2n) is 7.33. The molecule has 0 amide bonds. The first kappa shape index (κ1) is 19.8. The first-order chi connectivity index (χ1) is 14.6. The van der Waals surface area contributed by atoms with Crippen LogP contribution in [0.2, 0.25) is 0 Å². The number of rotatable bonds is 7. The van der Waals surface area contributed by atoms with Gasteiger partial charge in [0.25, 0.3) is 0 Å². The maximum Gasteiger partial charge on any atom is 0.240 e. The lowest BCUT2D eigenvalue weighted by atomic mass is 10.1. The van der Waals surface area contributed by atoms with E-state index in [4.69, 9.17) is 14.1 Å². The number of hydrogen-bond donors (Lipinski definition) is 0. The van der Waals surface area contributed by atoms with Crippen LogP contribution in [0.15, 0.2) is 59.0 Å². The fourth-order valence-corrected chi connectivity index (χ4v) is 3.13. The Kier molecular flexibility index (Phi) is 5.84. The molecule has 0 bridgehead atoms. The van der Waals surface area contributed by atoms with E-state index in [0.29, 0.717) is 17.7 Å². The maximum atomic E-state index is 5.65. The highest BCUT2D eigenvalue weighted by Gasteiger charge is 2.12. The molecular formula is C24H24N4O2. The number of fused-ring (bicyclic) bond motifs is 1. The molecule has 0 saturated heterocycles. The van der Waals surface area contributed by atoms with Crippen molar-refractivity contribution in [3.05, 3.63) is 72.0 Å². The molecule has 2 aromatic heterocycles. The Morgan fingerprint density at radius 1 is 1.00 bits per heavy atom. The summed E-state index contributed by atoms with van der Waals surface area (Å²) in [4.78, 5) is 9.37. The second-order valence-corrected chi connectivity index (χ2v) is 7.33. The van der Waals surface area contributed by atoms with E-state index in [1.165, 1.54) is 0 Å². The van der Waals surface area contributed by atoms with E-state index >= 15 is 0 Å². The van der Waals surface area contributed by atoms with Gasteiger partial charge in [-0.3, -0.25) is 0 Å². The van der Waals surface area contributed by atoms with Gasteiger partial charge in [0.2, 0.25) is 17.7 Å². The summed E-state index contributed by atoms with van der Waals surface area (Å²) in [6, 6.07) is 16.0. The first-order valence-electron chi connectivity index (χ1n) is 10.0. The summed E-state index contributed by atoms with van der Waals surface area (Å²) >= 11 is 0. The SMILES string of the molecule is COc1nc2ccccc2nc1-c1cccc(/C=C/CCc2nnc(C(C)C)o2)c1. The van der Waals surface area contributed by atoms with Crippen LogP contribution in [0.25, 0.3) is 28.4 Å². The van der Waals surface area contributed by atoms with E-state index in [-0.39, 0.29) is 5.92 Å². The molecule has 6 heteroatoms. The predicted molar refractivity (Wildman–Crippen MR) is 117 cm³/mol. The Balaban J connectivity index is 1.51. The van der Waals surface area contributed by atoms with Gasteiger partial charge >= 0.3 is 0 Å². The van der Waals surface area contributed by atoms with Gasteiger partial charge in [-0.05, 0) is 30.2 Å². The van der Waals surface area contributed by atoms with Crippen LogP contribution in [0.5, 0.6) is 5.88 Å². The van der Waals surface area contributed by atoms with Gasteiger partial charge in [0.1, 0.15) is 5.69 Å². The van der Waals surface area contributed by atoms with E-state index in [1.54, 1.807) is 7.11 Å². The van der Waals surface area contributed by atoms with Crippen molar-refractivity contribution in [2.45, 2.75) is 32.6 Å². The Morgan fingerprint density at radius 3 is 2.53 bits per heavy atom. The van der Waals surface area contributed by atoms with E-state index in [2.05, 4.69) is 39.5 Å². The third kappa shape index (κ3) is 4.38. The average Bonchev–Trinajstić information content (AvgIpc) is 3.25. The van der Waals surface area contributed by atoms with Crippen molar-refractivity contribution in [3.8, 4) is 17.1 Å². The van der Waals surface area contributed by atoms with Gasteiger partial charge in [0, 0.05) is 17.9 Å². The Labute approximate surface area is 175 Å². The zero-order valence-electron chi connectivity index (χ0n) is 17.4. The summed E-state index contributed by atoms with van der Waals surface area (Å²) < 4.78 is 11.1. The Bertz CT molecular complexity index is 1180. The highest BCUT2D eigenvalue weighted by Crippen LogP contribution is 2.29. The minimum Gasteiger partial charge on any atom is -0.479 e. The fourth-order valence-electron chi connectivity index (χ4n) is 3.13. The number of para-hydroxylation sites is 2. The average molecular weight is 400 g/mol. The number of ether oxygens (including phenoxy) is 1. The quantitative estimate of drug-likeness (QED) is 0.410. The maximum absolute atomic E-state index is 5.65. The van der Waals surface area contributed by atoms with Crippen molar-refractivity contribution in [3.63, 3.8) is 0 Å². The summed E-state index contributed by atoms with van der Waals surface area (Å²) in [6.45, 7) is 4.08. The molecule has 2 aromatic carbocycles. The number of benzene rings is 2. The first-order valence-corrected chi connectivity index (χ1v) is 10.0. The molecule has 4 rings (SSSR count). The standard InChI is InChI=1S/C24H24N4O2/c1-16(2)23-28-27-21(30-23)14-7-4-9-17-10-8-11-18(15-17)22-24(29-3)26-20-13-6-5-12-19(20)25-22/h4-6,8-13,15-16H,7,14H2,1-3H3/b9-4+. The number of aryl methyl sites for hydroxylation is 1. The molecule has 0 aliphatic rings. The fraction of sp³-hybridized carbons (Fsp3) is 0.250. The van der Waals surface area contributed by atoms with Crippen LogP contribution in [0.3, 0.4) is 0 Å². The van der Waals surface area contributed by atoms with Crippen molar-refractivity contribution in [1.82, 2.24) is 20.2 Å². The second kappa shape index (κ2) is 8.86. The molecule has 0 saturated carbocycles. The molecule has 30 heavy (non-hydrogen) atoms. The molecule has 4 aromatic rings. The number of methoxy groups -OCH3 is 1. The Morgan fingerprint density at radius 2 is 1.80 bits per heavy atom. The van der Waals surface area contributed by atoms with E-state index in [9.17, 15) is 0 Å². The zero-order valence-corrected chi connectivity index (χ0v) is 17.4. The number of hydrogen-bond acceptors (Lipinski definition) is 6. The van der Waals surface area contributed by atoms with Crippen molar-refractivity contribution in [2.75, 3.05) is 7.11 Å². The van der Waals surface area contributed by atoms with E-state index < -0.39 is 0 Å². The highest BCUT2D eigenvalue weighted by molar-refractivity contribution is 5.80. The van der Waals surface area contributed by atoms with Gasteiger partial charge in [-0.2, -0.15) is 0 Å². The number of aromatic nitrogens is 4. The largest absolute Gasteiger partial charge is 0.479 e. The third-order valence-electron chi connectivity index (χ3n) is 4.70. The number of allylic oxidation sites excluding steroid dienone is 1. The van der Waals surface area contributed by atoms with Crippen LogP contribution in [0.1, 0.15) is 43.5 Å². The Hall–Kier alpha value is -3.54. The summed E-state index contributed by atoms with van der Waals surface area (Å²) in [7, 11) is 1.62. The molecular weight excluding hydrogens is 376 g/mol. The molecule has 0 fully saturated rings. The van der Waals surface area contributed by atoms with Gasteiger partial charge < -0.3 is 9.15 Å². The van der Waals surface area contributed by atoms with Crippen LogP contribution in [0.4, 0.5) is 0 Å². The lowest BCUT2D eigenvalue weighted by Gasteiger charge is -2.09. The topological polar surface area (TPSA) is 73.9 Å². The summed E-state index contributed by atoms with van der Waals surface area (Å²) in [6.07, 6.45) is 5.74. The minimum atomic E-state index is 0.250. The molecule has 6 nitrogen and oxygen atoms in total. The summed E-state index contributed by atoms with van der Waals surface area (Å²) in [5, 5.41) is 8.17. The van der Waals surface area contributed by atoms with Crippen LogP contribution >= 0.6 is 0 Å². The molecule has 0 aliphatic heterocycles. The van der Waals surface area contributed by atoms with Gasteiger partial charge in [-0.15, -0.1) is 10.2 Å². The molecule has 2 heterocycles. The van der Waals surface area contributed by atoms with E-state index in [0.717, 1.165) is 40.7 Å². The van der Waals surface area contributed by atoms with E-state index in [1.807, 2.05) is 50.2 Å². The number of nitrogens with zero attached hydrogens (tertiary/aromatic N) is 4. The van der Waals surface area contributed by atoms with Gasteiger partial charge in [-0.1, -0.05) is 56.3 Å². The molecule has 0 aliphatic carbocycles. The van der Waals surface area contributed by atoms with Crippen LogP contribution in [-0.2, 0) is 6.42 Å². The molecule has 0 atom stereocenters. The van der Waals surface area contributed by atoms with Gasteiger partial charge in [0.15, 0.2) is 0 Å². The molecule has 0 unspecified atom stereocenters. The van der Waals surface area contributed by atoms with Crippen LogP contribution in [-0.4, -0.2) is 27.3 Å². The minimum absolute atomic E-state index is 0.250. The lowest BCUT2D eigenvalue weighted by Crippen LogP contribution is -1.96. The smallest absolute Gasteiger partial charge is 0.240 e. The van der Waals surface area contributed by atoms with Crippen molar-refractivity contribution >= 4 is 17.1 Å². The monoisotopic (exact) mass is 400 g/mol. The molecule has 152 valence electrons. The molecule has 0 radical (unpaired) electrons. The van der Waals surface area contributed by atoms with Gasteiger partial charge in [-0.25, -0.2) is 9.97 Å². The normalized spacial score (nSPS) is 11.6. The third-order valence-corrected chi connectivity index (χ3v) is 4.70. The van der Waals surface area contributed by atoms with Crippen molar-refractivity contribution in [1.29, 1.82) is 0 Å². The van der Waals surface area contributed by atoms with Gasteiger partial charge in [0.05, 0.1) is 18.1 Å². The zero-order chi connectivity index (χ0) is 20.9. The lowest BCUT2D eigenvalue weighted by molar-refractivity contribution is 0.400. The van der Waals surface area contributed by atoms with Crippen molar-refractivity contribution < 1.29 is 9.15 Å². The summed E-state index contributed by atoms with van der Waals surface area (Å²) in [5.74, 6) is 2.13. The molecule has 0 spiro atoms. The highest BCUT2D eigenvalue weighted by atomic mass is 16.5.